The summed E-state index contributed by atoms with van der Waals surface area (Å²) in [6.07, 6.45) is 5.25. The Morgan fingerprint density at radius 1 is 1.11 bits per heavy atom. The van der Waals surface area contributed by atoms with Gasteiger partial charge < -0.3 is 10.3 Å². The number of nitrogens with one attached hydrogen (secondary N) is 1. The summed E-state index contributed by atoms with van der Waals surface area (Å²) >= 11 is 0. The van der Waals surface area contributed by atoms with Crippen LogP contribution in [0.25, 0.3) is 16.9 Å². The second-order valence-electron chi connectivity index (χ2n) is 8.44. The lowest BCUT2D eigenvalue weighted by Gasteiger charge is -2.25. The fourth-order valence-corrected chi connectivity index (χ4v) is 4.57. The lowest BCUT2D eigenvalue weighted by atomic mass is 10.1. The monoisotopic (exact) mass is 467 g/mol. The van der Waals surface area contributed by atoms with E-state index in [0.29, 0.717) is 35.7 Å². The normalized spacial score (nSPS) is 16.0. The van der Waals surface area contributed by atoms with E-state index in [0.717, 1.165) is 24.1 Å². The Labute approximate surface area is 203 Å². The molecule has 0 spiro atoms. The minimum absolute atomic E-state index is 0.0455. The average Bonchev–Trinajstić information content (AvgIpc) is 3.52. The third-order valence-corrected chi connectivity index (χ3v) is 6.29. The van der Waals surface area contributed by atoms with Crippen molar-refractivity contribution in [3.8, 4) is 11.3 Å². The van der Waals surface area contributed by atoms with E-state index in [1.54, 1.807) is 34.9 Å². The number of hydrazone groups is 1. The summed E-state index contributed by atoms with van der Waals surface area (Å²) in [4.78, 5) is 20.3. The summed E-state index contributed by atoms with van der Waals surface area (Å²) in [6, 6.07) is 21.7. The van der Waals surface area contributed by atoms with Gasteiger partial charge in [0.25, 0.3) is 5.91 Å². The molecule has 1 amide bonds. The average molecular weight is 468 g/mol. The van der Waals surface area contributed by atoms with Crippen LogP contribution < -0.4 is 5.43 Å². The van der Waals surface area contributed by atoms with Crippen molar-refractivity contribution in [2.75, 3.05) is 13.1 Å². The van der Waals surface area contributed by atoms with E-state index >= 15 is 0 Å². The number of amides is 1. The molecule has 3 heterocycles. The molecular formula is C28H26FN5O. The highest BCUT2D eigenvalue weighted by Gasteiger charge is 2.33. The van der Waals surface area contributed by atoms with Gasteiger partial charge in [-0.15, -0.1) is 0 Å². The number of carbonyl (C=O) groups is 1. The second-order valence-corrected chi connectivity index (χ2v) is 8.44. The van der Waals surface area contributed by atoms with E-state index in [9.17, 15) is 9.18 Å². The Morgan fingerprint density at radius 2 is 1.89 bits per heavy atom. The predicted molar refractivity (Wildman–Crippen MR) is 136 cm³/mol. The highest BCUT2D eigenvalue weighted by atomic mass is 19.1. The number of imidazole rings is 1. The van der Waals surface area contributed by atoms with Crippen LogP contribution in [0, 0.1) is 5.82 Å². The Morgan fingerprint density at radius 3 is 2.69 bits per heavy atom. The summed E-state index contributed by atoms with van der Waals surface area (Å²) < 4.78 is 16.5. The van der Waals surface area contributed by atoms with E-state index in [4.69, 9.17) is 0 Å². The van der Waals surface area contributed by atoms with Gasteiger partial charge in [0.05, 0.1) is 18.3 Å². The molecule has 4 aromatic rings. The first kappa shape index (κ1) is 22.5. The van der Waals surface area contributed by atoms with E-state index in [1.807, 2.05) is 53.4 Å². The number of halogens is 1. The number of pyridine rings is 1. The van der Waals surface area contributed by atoms with Gasteiger partial charge in [0.1, 0.15) is 22.9 Å². The second kappa shape index (κ2) is 9.93. The third-order valence-electron chi connectivity index (χ3n) is 6.29. The molecule has 35 heavy (non-hydrogen) atoms. The van der Waals surface area contributed by atoms with Gasteiger partial charge in [-0.05, 0) is 43.2 Å². The van der Waals surface area contributed by atoms with Crippen LogP contribution in [0.4, 0.5) is 4.39 Å². The van der Waals surface area contributed by atoms with Gasteiger partial charge in [-0.2, -0.15) is 5.10 Å². The van der Waals surface area contributed by atoms with Crippen molar-refractivity contribution in [2.45, 2.75) is 18.9 Å². The fraction of sp³-hybridized carbons (Fsp3) is 0.179. The van der Waals surface area contributed by atoms with Crippen LogP contribution >= 0.6 is 0 Å². The largest absolute Gasteiger partial charge is 0.332 e. The molecule has 1 atom stereocenters. The zero-order chi connectivity index (χ0) is 24.2. The number of allylic oxidation sites excluding steroid dienone is 1. The molecule has 0 radical (unpaired) electrons. The van der Waals surface area contributed by atoms with E-state index in [-0.39, 0.29) is 11.9 Å². The van der Waals surface area contributed by atoms with Crippen LogP contribution in [0.2, 0.25) is 0 Å². The van der Waals surface area contributed by atoms with Crippen molar-refractivity contribution >= 4 is 17.3 Å². The number of carbonyl (C=O) groups excluding carboxylic acids is 1. The molecule has 1 saturated heterocycles. The molecule has 2 aromatic carbocycles. The van der Waals surface area contributed by atoms with Gasteiger partial charge in [0, 0.05) is 23.9 Å². The van der Waals surface area contributed by atoms with Crippen LogP contribution in [-0.4, -0.2) is 45.0 Å². The quantitative estimate of drug-likeness (QED) is 0.310. The molecule has 0 bridgehead atoms. The molecular weight excluding hydrogens is 441 g/mol. The number of nitrogens with zero attached hydrogens (tertiary/aromatic N) is 4. The minimum Gasteiger partial charge on any atom is -0.332 e. The third kappa shape index (κ3) is 4.45. The predicted octanol–water partition coefficient (Wildman–Crippen LogP) is 4.92. The van der Waals surface area contributed by atoms with Gasteiger partial charge in [0.15, 0.2) is 0 Å². The first-order chi connectivity index (χ1) is 17.2. The summed E-state index contributed by atoms with van der Waals surface area (Å²) in [5.74, 6) is -0.570. The molecule has 1 N–H and O–H groups in total. The van der Waals surface area contributed by atoms with Crippen LogP contribution in [-0.2, 0) is 0 Å². The highest BCUT2D eigenvalue weighted by molar-refractivity contribution is 6.08. The summed E-state index contributed by atoms with van der Waals surface area (Å²) in [6.45, 7) is 4.99. The molecule has 176 valence electrons. The number of likely N-dealkylation sites (tertiary alicyclic amines) is 1. The SMILES string of the molecule is C=C/C(=N\NC[C@@H]1CCCN1C(=O)c1c(-c2ccccc2F)nc2ccccn12)c1ccccc1. The first-order valence-corrected chi connectivity index (χ1v) is 11.7. The maximum Gasteiger partial charge on any atom is 0.273 e. The van der Waals surface area contributed by atoms with Crippen molar-refractivity contribution < 1.29 is 9.18 Å². The Bertz CT molecular complexity index is 1400. The van der Waals surface area contributed by atoms with E-state index in [1.165, 1.54) is 6.07 Å². The van der Waals surface area contributed by atoms with Crippen LogP contribution in [0.1, 0.15) is 28.9 Å². The lowest BCUT2D eigenvalue weighted by molar-refractivity contribution is 0.0730. The van der Waals surface area contributed by atoms with Crippen molar-refractivity contribution in [2.24, 2.45) is 5.10 Å². The molecule has 0 unspecified atom stereocenters. The van der Waals surface area contributed by atoms with E-state index in [2.05, 4.69) is 22.1 Å². The van der Waals surface area contributed by atoms with Gasteiger partial charge in [-0.3, -0.25) is 9.20 Å². The van der Waals surface area contributed by atoms with E-state index < -0.39 is 5.82 Å². The van der Waals surface area contributed by atoms with Gasteiger partial charge in [0.2, 0.25) is 0 Å². The summed E-state index contributed by atoms with van der Waals surface area (Å²) in [5, 5.41) is 4.50. The fourth-order valence-electron chi connectivity index (χ4n) is 4.57. The van der Waals surface area contributed by atoms with Crippen LogP contribution in [0.5, 0.6) is 0 Å². The Hall–Kier alpha value is -4.26. The van der Waals surface area contributed by atoms with Gasteiger partial charge in [-0.1, -0.05) is 55.1 Å². The molecule has 1 aliphatic heterocycles. The number of aromatic nitrogens is 2. The summed E-state index contributed by atoms with van der Waals surface area (Å²) in [7, 11) is 0. The number of fused-ring (bicyclic) bond motifs is 1. The number of benzene rings is 2. The topological polar surface area (TPSA) is 62.0 Å². The highest BCUT2D eigenvalue weighted by Crippen LogP contribution is 2.30. The van der Waals surface area contributed by atoms with Crippen molar-refractivity contribution in [3.63, 3.8) is 0 Å². The summed E-state index contributed by atoms with van der Waals surface area (Å²) in [5.41, 5.74) is 6.49. The zero-order valence-corrected chi connectivity index (χ0v) is 19.3. The van der Waals surface area contributed by atoms with Gasteiger partial charge in [-0.25, -0.2) is 9.37 Å². The minimum atomic E-state index is -0.406. The molecule has 5 rings (SSSR count). The molecule has 0 saturated carbocycles. The van der Waals surface area contributed by atoms with Crippen LogP contribution in [0.15, 0.2) is 96.7 Å². The molecule has 1 aliphatic rings. The maximum atomic E-state index is 14.7. The molecule has 6 nitrogen and oxygen atoms in total. The first-order valence-electron chi connectivity index (χ1n) is 11.7. The number of rotatable bonds is 7. The zero-order valence-electron chi connectivity index (χ0n) is 19.3. The molecule has 1 fully saturated rings. The molecule has 7 heteroatoms. The van der Waals surface area contributed by atoms with Crippen molar-refractivity contribution in [3.05, 3.63) is 109 Å². The lowest BCUT2D eigenvalue weighted by Crippen LogP contribution is -2.41. The smallest absolute Gasteiger partial charge is 0.273 e. The van der Waals surface area contributed by atoms with Crippen LogP contribution in [0.3, 0.4) is 0 Å². The van der Waals surface area contributed by atoms with Crippen molar-refractivity contribution in [1.29, 1.82) is 0 Å². The maximum absolute atomic E-state index is 14.7. The standard InChI is InChI=1S/C28H26FN5O/c1-2-24(20-11-4-3-5-12-20)32-30-19-21-13-10-18-33(21)28(35)27-26(22-14-6-7-15-23(22)29)31-25-16-8-9-17-34(25)27/h2-9,11-12,14-17,21,30H,1,10,13,18-19H2/b32-24+/t21-/m0/s1. The molecule has 0 aliphatic carbocycles. The number of hydrogen-bond acceptors (Lipinski definition) is 4. The number of hydrogen-bond donors (Lipinski definition) is 1. The Kier molecular flexibility index (Phi) is 6.39. The van der Waals surface area contributed by atoms with Crippen molar-refractivity contribution in [1.82, 2.24) is 19.7 Å². The molecule has 2 aromatic heterocycles. The Balaban J connectivity index is 1.43. The van der Waals surface area contributed by atoms with Gasteiger partial charge >= 0.3 is 0 Å².